The van der Waals surface area contributed by atoms with E-state index in [2.05, 4.69) is 23.1 Å². The molecule has 4 N–H and O–H groups in total. The van der Waals surface area contributed by atoms with Crippen LogP contribution in [0.25, 0.3) is 0 Å². The smallest absolute Gasteiger partial charge is 0.238 e. The monoisotopic (exact) mass is 229 g/mol. The SMILES string of the molecule is NC(=S)NNC(=O)CC1CCCCCC1. The summed E-state index contributed by atoms with van der Waals surface area (Å²) in [6, 6.07) is 0. The zero-order chi connectivity index (χ0) is 11.1. The molecule has 0 aromatic carbocycles. The summed E-state index contributed by atoms with van der Waals surface area (Å²) in [7, 11) is 0. The summed E-state index contributed by atoms with van der Waals surface area (Å²) in [5.41, 5.74) is 10.2. The summed E-state index contributed by atoms with van der Waals surface area (Å²) in [6.07, 6.45) is 8.03. The number of thiocarbonyl (C=S) groups is 1. The summed E-state index contributed by atoms with van der Waals surface area (Å²) >= 11 is 4.59. The van der Waals surface area contributed by atoms with E-state index in [1.807, 2.05) is 0 Å². The van der Waals surface area contributed by atoms with E-state index < -0.39 is 0 Å². The maximum absolute atomic E-state index is 11.4. The molecule has 1 amide bonds. The molecule has 86 valence electrons. The predicted molar refractivity (Wildman–Crippen MR) is 63.9 cm³/mol. The lowest BCUT2D eigenvalue weighted by Crippen LogP contribution is -2.44. The predicted octanol–water partition coefficient (Wildman–Crippen LogP) is 1.21. The second kappa shape index (κ2) is 6.61. The van der Waals surface area contributed by atoms with Crippen molar-refractivity contribution in [3.8, 4) is 0 Å². The Morgan fingerprint density at radius 2 is 1.80 bits per heavy atom. The van der Waals surface area contributed by atoms with E-state index in [-0.39, 0.29) is 11.0 Å². The van der Waals surface area contributed by atoms with Gasteiger partial charge in [0.2, 0.25) is 5.91 Å². The van der Waals surface area contributed by atoms with Crippen LogP contribution < -0.4 is 16.6 Å². The minimum Gasteiger partial charge on any atom is -0.375 e. The summed E-state index contributed by atoms with van der Waals surface area (Å²) in [6.45, 7) is 0. The Kier molecular flexibility index (Phi) is 5.39. The molecule has 5 heteroatoms. The van der Waals surface area contributed by atoms with E-state index in [4.69, 9.17) is 5.73 Å². The average molecular weight is 229 g/mol. The summed E-state index contributed by atoms with van der Waals surface area (Å²) in [5, 5.41) is 0.101. The van der Waals surface area contributed by atoms with Gasteiger partial charge in [-0.15, -0.1) is 0 Å². The molecule has 0 bridgehead atoms. The second-order valence-electron chi connectivity index (χ2n) is 4.10. The third kappa shape index (κ3) is 5.57. The van der Waals surface area contributed by atoms with Crippen LogP contribution in [-0.2, 0) is 4.79 Å². The van der Waals surface area contributed by atoms with Crippen molar-refractivity contribution in [2.24, 2.45) is 11.7 Å². The lowest BCUT2D eigenvalue weighted by molar-refractivity contribution is -0.122. The topological polar surface area (TPSA) is 67.2 Å². The number of hydrogen-bond acceptors (Lipinski definition) is 2. The summed E-state index contributed by atoms with van der Waals surface area (Å²) in [5.74, 6) is 0.510. The second-order valence-corrected chi connectivity index (χ2v) is 4.54. The van der Waals surface area contributed by atoms with Crippen molar-refractivity contribution in [1.29, 1.82) is 0 Å². The number of amides is 1. The molecule has 0 unspecified atom stereocenters. The number of nitrogens with two attached hydrogens (primary N) is 1. The molecule has 15 heavy (non-hydrogen) atoms. The van der Waals surface area contributed by atoms with E-state index in [1.165, 1.54) is 38.5 Å². The van der Waals surface area contributed by atoms with Gasteiger partial charge >= 0.3 is 0 Å². The van der Waals surface area contributed by atoms with E-state index in [0.717, 1.165) is 0 Å². The van der Waals surface area contributed by atoms with E-state index in [9.17, 15) is 4.79 Å². The van der Waals surface area contributed by atoms with Crippen LogP contribution in [0.2, 0.25) is 0 Å². The Hall–Kier alpha value is -0.840. The number of rotatable bonds is 2. The molecular weight excluding hydrogens is 210 g/mol. The van der Waals surface area contributed by atoms with Crippen LogP contribution in [-0.4, -0.2) is 11.0 Å². The fourth-order valence-electron chi connectivity index (χ4n) is 2.01. The molecule has 0 heterocycles. The highest BCUT2D eigenvalue weighted by atomic mass is 32.1. The number of nitrogens with one attached hydrogen (secondary N) is 2. The molecule has 1 rings (SSSR count). The van der Waals surface area contributed by atoms with Gasteiger partial charge < -0.3 is 5.73 Å². The van der Waals surface area contributed by atoms with Crippen LogP contribution in [0.4, 0.5) is 0 Å². The fraction of sp³-hybridized carbons (Fsp3) is 0.800. The molecule has 1 saturated carbocycles. The zero-order valence-electron chi connectivity index (χ0n) is 8.92. The van der Waals surface area contributed by atoms with Gasteiger partial charge in [-0.3, -0.25) is 15.6 Å². The van der Waals surface area contributed by atoms with Crippen molar-refractivity contribution < 1.29 is 4.79 Å². The molecule has 0 atom stereocenters. The van der Waals surface area contributed by atoms with Crippen molar-refractivity contribution in [2.45, 2.75) is 44.9 Å². The lowest BCUT2D eigenvalue weighted by atomic mass is 9.96. The Labute approximate surface area is 95.9 Å². The molecule has 0 spiro atoms. The van der Waals surface area contributed by atoms with Crippen LogP contribution in [0.5, 0.6) is 0 Å². The third-order valence-corrected chi connectivity index (χ3v) is 2.88. The molecule has 4 nitrogen and oxygen atoms in total. The van der Waals surface area contributed by atoms with Crippen LogP contribution in [0.1, 0.15) is 44.9 Å². The third-order valence-electron chi connectivity index (χ3n) is 2.77. The molecule has 0 aliphatic heterocycles. The van der Waals surface area contributed by atoms with E-state index >= 15 is 0 Å². The molecule has 1 aliphatic carbocycles. The Morgan fingerprint density at radius 1 is 1.20 bits per heavy atom. The molecule has 0 radical (unpaired) electrons. The zero-order valence-corrected chi connectivity index (χ0v) is 9.74. The maximum atomic E-state index is 11.4. The van der Waals surface area contributed by atoms with Crippen molar-refractivity contribution in [3.63, 3.8) is 0 Å². The number of hydrazine groups is 1. The molecular formula is C10H19N3OS. The first kappa shape index (κ1) is 12.2. The molecule has 0 aromatic rings. The first-order valence-electron chi connectivity index (χ1n) is 5.53. The highest BCUT2D eigenvalue weighted by Gasteiger charge is 2.15. The van der Waals surface area contributed by atoms with Gasteiger partial charge in [-0.1, -0.05) is 25.7 Å². The van der Waals surface area contributed by atoms with Crippen LogP contribution in [0.15, 0.2) is 0 Å². The van der Waals surface area contributed by atoms with Gasteiger partial charge in [0, 0.05) is 6.42 Å². The standard InChI is InChI=1S/C10H19N3OS/c11-10(15)13-12-9(14)7-8-5-3-1-2-4-6-8/h8H,1-7H2,(H,12,14)(H3,11,13,15). The van der Waals surface area contributed by atoms with Gasteiger partial charge in [0.25, 0.3) is 0 Å². The van der Waals surface area contributed by atoms with Gasteiger partial charge in [-0.2, -0.15) is 0 Å². The normalized spacial score (nSPS) is 17.9. The molecule has 1 fully saturated rings. The number of carbonyl (C=O) groups is 1. The lowest BCUT2D eigenvalue weighted by Gasteiger charge is -2.13. The van der Waals surface area contributed by atoms with E-state index in [1.54, 1.807) is 0 Å². The molecule has 0 aromatic heterocycles. The van der Waals surface area contributed by atoms with Crippen molar-refractivity contribution in [2.75, 3.05) is 0 Å². The van der Waals surface area contributed by atoms with Crippen molar-refractivity contribution in [1.82, 2.24) is 10.9 Å². The van der Waals surface area contributed by atoms with Crippen LogP contribution in [0.3, 0.4) is 0 Å². The molecule has 0 saturated heterocycles. The maximum Gasteiger partial charge on any atom is 0.238 e. The average Bonchev–Trinajstić information content (AvgIpc) is 2.43. The van der Waals surface area contributed by atoms with Gasteiger partial charge in [-0.25, -0.2) is 0 Å². The Morgan fingerprint density at radius 3 is 2.33 bits per heavy atom. The first-order valence-corrected chi connectivity index (χ1v) is 5.93. The Balaban J connectivity index is 2.20. The highest BCUT2D eigenvalue weighted by Crippen LogP contribution is 2.25. The molecule has 1 aliphatic rings. The van der Waals surface area contributed by atoms with Gasteiger partial charge in [-0.05, 0) is 31.0 Å². The minimum absolute atomic E-state index is 0.0188. The van der Waals surface area contributed by atoms with Gasteiger partial charge in [0.05, 0.1) is 0 Å². The first-order chi connectivity index (χ1) is 7.18. The quantitative estimate of drug-likeness (QED) is 0.378. The number of carbonyl (C=O) groups excluding carboxylic acids is 1. The van der Waals surface area contributed by atoms with Crippen LogP contribution >= 0.6 is 12.2 Å². The van der Waals surface area contributed by atoms with Crippen molar-refractivity contribution in [3.05, 3.63) is 0 Å². The Bertz CT molecular complexity index is 225. The summed E-state index contributed by atoms with van der Waals surface area (Å²) in [4.78, 5) is 11.4. The minimum atomic E-state index is -0.0188. The highest BCUT2D eigenvalue weighted by molar-refractivity contribution is 7.80. The number of hydrogen-bond donors (Lipinski definition) is 3. The van der Waals surface area contributed by atoms with Crippen LogP contribution in [0, 0.1) is 5.92 Å². The van der Waals surface area contributed by atoms with E-state index in [0.29, 0.717) is 12.3 Å². The fourth-order valence-corrected chi connectivity index (χ4v) is 2.06. The largest absolute Gasteiger partial charge is 0.375 e. The van der Waals surface area contributed by atoms with Crippen molar-refractivity contribution >= 4 is 23.2 Å². The van der Waals surface area contributed by atoms with Gasteiger partial charge in [0.1, 0.15) is 0 Å². The van der Waals surface area contributed by atoms with Gasteiger partial charge in [0.15, 0.2) is 5.11 Å². The summed E-state index contributed by atoms with van der Waals surface area (Å²) < 4.78 is 0.